The van der Waals surface area contributed by atoms with Crippen molar-refractivity contribution in [3.8, 4) is 23.1 Å². The molecule has 6 rings (SSSR count). The SMILES string of the molecule is CCOC(=O)c1cn(-c2ccc(N(C)C)nc2)c2cc(N3CCC[C@@H]3COc3ncccc3OCCN(Cc3ccc(OC)cc3)C(=O)OC(C)(C)C)c(Cl)cc2c1=O. The third kappa shape index (κ3) is 10.4. The topological polar surface area (TPSA) is 138 Å². The Morgan fingerprint density at radius 2 is 1.80 bits per heavy atom. The number of fused-ring (bicyclic) bond motifs is 1. The fourth-order valence-corrected chi connectivity index (χ4v) is 7.05. The maximum absolute atomic E-state index is 13.7. The molecule has 0 radical (unpaired) electrons. The van der Waals surface area contributed by atoms with Gasteiger partial charge in [-0.25, -0.2) is 19.6 Å². The zero-order valence-corrected chi connectivity index (χ0v) is 35.3. The van der Waals surface area contributed by atoms with E-state index in [2.05, 4.69) is 14.9 Å². The number of aromatic nitrogens is 3. The predicted molar refractivity (Wildman–Crippen MR) is 228 cm³/mol. The average molecular weight is 827 g/mol. The van der Waals surface area contributed by atoms with E-state index < -0.39 is 23.1 Å². The molecule has 1 saturated heterocycles. The van der Waals surface area contributed by atoms with Gasteiger partial charge in [-0.3, -0.25) is 4.79 Å². The van der Waals surface area contributed by atoms with Crippen LogP contribution in [0, 0.1) is 0 Å². The van der Waals surface area contributed by atoms with Gasteiger partial charge < -0.3 is 43.0 Å². The molecule has 312 valence electrons. The van der Waals surface area contributed by atoms with Crippen LogP contribution in [0.15, 0.2) is 84.0 Å². The summed E-state index contributed by atoms with van der Waals surface area (Å²) in [6.45, 7) is 8.99. The number of anilines is 2. The van der Waals surface area contributed by atoms with Crippen LogP contribution in [-0.4, -0.2) is 97.3 Å². The van der Waals surface area contributed by atoms with Gasteiger partial charge in [-0.15, -0.1) is 0 Å². The standard InChI is InChI=1S/C44H51ClN6O8/c1-8-56-42(53)34-27-51(30-15-18-39(47-25-30)48(5)6)36-24-37(35(45)23-33(36)40(34)52)50-20-10-11-31(50)28-58-41-38(12-9-19-46-41)57-22-21-49(43(54)59-44(2,3)4)26-29-13-16-32(55-7)17-14-29/h9,12-19,23-25,27,31H,8,10-11,20-22,26,28H2,1-7H3/t31-/m1/s1. The van der Waals surface area contributed by atoms with Gasteiger partial charge in [0.25, 0.3) is 5.88 Å². The van der Waals surface area contributed by atoms with Crippen LogP contribution in [0.2, 0.25) is 5.02 Å². The zero-order valence-electron chi connectivity index (χ0n) is 34.6. The normalized spacial score (nSPS) is 13.9. The largest absolute Gasteiger partial charge is 0.497 e. The Hall–Kier alpha value is -6.02. The van der Waals surface area contributed by atoms with Gasteiger partial charge in [0.15, 0.2) is 5.75 Å². The lowest BCUT2D eigenvalue weighted by atomic mass is 10.1. The van der Waals surface area contributed by atoms with Crippen LogP contribution in [0.3, 0.4) is 0 Å². The van der Waals surface area contributed by atoms with E-state index in [0.717, 1.165) is 35.7 Å². The van der Waals surface area contributed by atoms with Crippen molar-refractivity contribution in [3.63, 3.8) is 0 Å². The van der Waals surface area contributed by atoms with Crippen LogP contribution < -0.4 is 29.4 Å². The molecule has 0 aliphatic carbocycles. The maximum Gasteiger partial charge on any atom is 0.410 e. The van der Waals surface area contributed by atoms with Gasteiger partial charge in [0.2, 0.25) is 5.43 Å². The number of esters is 1. The van der Waals surface area contributed by atoms with E-state index in [0.29, 0.717) is 40.9 Å². The van der Waals surface area contributed by atoms with Crippen molar-refractivity contribution in [2.75, 3.05) is 63.9 Å². The molecule has 1 amide bonds. The van der Waals surface area contributed by atoms with E-state index in [4.69, 9.17) is 35.3 Å². The highest BCUT2D eigenvalue weighted by Gasteiger charge is 2.29. The number of methoxy groups -OCH3 is 1. The number of hydrogen-bond acceptors (Lipinski definition) is 12. The first-order valence-corrected chi connectivity index (χ1v) is 19.9. The molecule has 2 aromatic carbocycles. The van der Waals surface area contributed by atoms with Gasteiger partial charge >= 0.3 is 12.1 Å². The first-order chi connectivity index (χ1) is 28.3. The second-order valence-electron chi connectivity index (χ2n) is 15.3. The van der Waals surface area contributed by atoms with Crippen molar-refractivity contribution in [3.05, 3.63) is 106 Å². The number of nitrogens with zero attached hydrogens (tertiary/aromatic N) is 6. The maximum atomic E-state index is 13.7. The Balaban J connectivity index is 1.21. The van der Waals surface area contributed by atoms with E-state index in [1.807, 2.05) is 82.2 Å². The highest BCUT2D eigenvalue weighted by Crippen LogP contribution is 2.36. The van der Waals surface area contributed by atoms with Gasteiger partial charge in [0.05, 0.1) is 54.4 Å². The summed E-state index contributed by atoms with van der Waals surface area (Å²) in [5.41, 5.74) is 1.59. The fraction of sp³-hybridized carbons (Fsp3) is 0.386. The second kappa shape index (κ2) is 18.7. The summed E-state index contributed by atoms with van der Waals surface area (Å²) >= 11 is 6.98. The molecule has 1 aliphatic rings. The third-order valence-corrected chi connectivity index (χ3v) is 9.98. The summed E-state index contributed by atoms with van der Waals surface area (Å²) in [7, 11) is 5.40. The summed E-state index contributed by atoms with van der Waals surface area (Å²) in [6, 6.07) is 18.2. The molecule has 1 atom stereocenters. The van der Waals surface area contributed by atoms with Gasteiger partial charge in [-0.2, -0.15) is 0 Å². The minimum atomic E-state index is -0.713. The van der Waals surface area contributed by atoms with Crippen molar-refractivity contribution >= 4 is 46.1 Å². The molecule has 14 nitrogen and oxygen atoms in total. The molecule has 59 heavy (non-hydrogen) atoms. The number of halogens is 1. The summed E-state index contributed by atoms with van der Waals surface area (Å²) in [5.74, 6) is 1.52. The first kappa shape index (κ1) is 42.6. The van der Waals surface area contributed by atoms with Gasteiger partial charge in [-0.05, 0) is 94.6 Å². The molecular weight excluding hydrogens is 776 g/mol. The van der Waals surface area contributed by atoms with Crippen LogP contribution in [0.1, 0.15) is 56.5 Å². The molecule has 0 unspecified atom stereocenters. The molecule has 15 heteroatoms. The van der Waals surface area contributed by atoms with E-state index >= 15 is 0 Å². The van der Waals surface area contributed by atoms with Crippen molar-refractivity contribution < 1.29 is 33.3 Å². The minimum absolute atomic E-state index is 0.0908. The molecule has 5 aromatic rings. The molecular formula is C44H51ClN6O8. The second-order valence-corrected chi connectivity index (χ2v) is 15.7. The van der Waals surface area contributed by atoms with Gasteiger partial charge in [-0.1, -0.05) is 23.7 Å². The smallest absolute Gasteiger partial charge is 0.410 e. The molecule has 0 bridgehead atoms. The number of amides is 1. The molecule has 0 saturated carbocycles. The highest BCUT2D eigenvalue weighted by molar-refractivity contribution is 6.34. The van der Waals surface area contributed by atoms with E-state index in [-0.39, 0.29) is 43.4 Å². The van der Waals surface area contributed by atoms with Crippen LogP contribution >= 0.6 is 11.6 Å². The number of carbonyl (C=O) groups is 2. The monoisotopic (exact) mass is 826 g/mol. The summed E-state index contributed by atoms with van der Waals surface area (Å²) < 4.78 is 30.5. The Labute approximate surface area is 349 Å². The molecule has 0 N–H and O–H groups in total. The van der Waals surface area contributed by atoms with Crippen LogP contribution in [0.25, 0.3) is 16.6 Å². The lowest BCUT2D eigenvalue weighted by Gasteiger charge is -2.29. The quantitative estimate of drug-likeness (QED) is 0.0964. The highest BCUT2D eigenvalue weighted by atomic mass is 35.5. The Bertz CT molecular complexity index is 2310. The predicted octanol–water partition coefficient (Wildman–Crippen LogP) is 7.55. The van der Waals surface area contributed by atoms with Crippen molar-refractivity contribution in [1.29, 1.82) is 0 Å². The number of pyridine rings is 3. The molecule has 1 aliphatic heterocycles. The minimum Gasteiger partial charge on any atom is -0.497 e. The third-order valence-electron chi connectivity index (χ3n) is 9.67. The Morgan fingerprint density at radius 1 is 1.02 bits per heavy atom. The summed E-state index contributed by atoms with van der Waals surface area (Å²) in [4.78, 5) is 54.6. The molecule has 4 heterocycles. The van der Waals surface area contributed by atoms with E-state index in [1.54, 1.807) is 54.1 Å². The number of benzene rings is 2. The van der Waals surface area contributed by atoms with Gasteiger partial charge in [0.1, 0.15) is 35.9 Å². The summed E-state index contributed by atoms with van der Waals surface area (Å²) in [6.07, 6.45) is 6.08. The average Bonchev–Trinajstić information content (AvgIpc) is 3.68. The Kier molecular flexibility index (Phi) is 13.5. The fourth-order valence-electron chi connectivity index (χ4n) is 6.78. The van der Waals surface area contributed by atoms with Gasteiger partial charge in [0, 0.05) is 45.0 Å². The summed E-state index contributed by atoms with van der Waals surface area (Å²) in [5, 5.41) is 0.638. The molecule has 1 fully saturated rings. The van der Waals surface area contributed by atoms with Crippen LogP contribution in [0.5, 0.6) is 17.4 Å². The van der Waals surface area contributed by atoms with Crippen molar-refractivity contribution in [1.82, 2.24) is 19.4 Å². The number of carbonyl (C=O) groups excluding carboxylic acids is 2. The molecule has 0 spiro atoms. The van der Waals surface area contributed by atoms with Crippen molar-refractivity contribution in [2.45, 2.75) is 58.7 Å². The lowest BCUT2D eigenvalue weighted by molar-refractivity contribution is 0.0208. The van der Waals surface area contributed by atoms with Crippen molar-refractivity contribution in [2.24, 2.45) is 0 Å². The van der Waals surface area contributed by atoms with E-state index in [1.165, 1.54) is 6.20 Å². The number of ether oxygens (including phenoxy) is 5. The lowest BCUT2D eigenvalue weighted by Crippen LogP contribution is -2.38. The van der Waals surface area contributed by atoms with Crippen LogP contribution in [-0.2, 0) is 16.0 Å². The first-order valence-electron chi connectivity index (χ1n) is 19.5. The number of hydrogen-bond donors (Lipinski definition) is 0. The zero-order chi connectivity index (χ0) is 42.3. The Morgan fingerprint density at radius 3 is 2.47 bits per heavy atom. The molecule has 3 aromatic heterocycles. The van der Waals surface area contributed by atoms with E-state index in [9.17, 15) is 14.4 Å². The number of rotatable bonds is 15. The van der Waals surface area contributed by atoms with Crippen LogP contribution in [0.4, 0.5) is 16.3 Å².